The highest BCUT2D eigenvalue weighted by Crippen LogP contribution is 2.43. The molecule has 4 rings (SSSR count). The number of anilines is 1. The quantitative estimate of drug-likeness (QED) is 0.452. The number of piperazine rings is 1. The van der Waals surface area contributed by atoms with Crippen LogP contribution >= 0.6 is 11.3 Å². The molecule has 6 nitrogen and oxygen atoms in total. The van der Waals surface area contributed by atoms with Crippen molar-refractivity contribution in [1.82, 2.24) is 9.80 Å². The zero-order chi connectivity index (χ0) is 24.8. The standard InChI is InChI=1S/C28H35N3O3S/c1-4-34-24-12-10-22(11-13-24)26(31-16-14-30(15-17-31)18-19-32)25-20(2)21(3)35-28(25)29-27(33)23-8-6-5-7-9-23/h5-13,26,32H,4,14-19H2,1-3H3,(H,29,33)/t26-/m1/s1. The van der Waals surface area contributed by atoms with Crippen molar-refractivity contribution in [1.29, 1.82) is 0 Å². The molecule has 0 saturated carbocycles. The van der Waals surface area contributed by atoms with Crippen LogP contribution < -0.4 is 10.1 Å². The van der Waals surface area contributed by atoms with E-state index in [1.165, 1.54) is 16.0 Å². The number of ether oxygens (including phenoxy) is 1. The van der Waals surface area contributed by atoms with Crippen molar-refractivity contribution in [2.45, 2.75) is 26.8 Å². The van der Waals surface area contributed by atoms with Crippen LogP contribution in [0.3, 0.4) is 0 Å². The summed E-state index contributed by atoms with van der Waals surface area (Å²) >= 11 is 1.64. The summed E-state index contributed by atoms with van der Waals surface area (Å²) in [4.78, 5) is 19.1. The van der Waals surface area contributed by atoms with E-state index < -0.39 is 0 Å². The maximum absolute atomic E-state index is 13.1. The Hall–Kier alpha value is -2.71. The Morgan fingerprint density at radius 2 is 1.74 bits per heavy atom. The van der Waals surface area contributed by atoms with Gasteiger partial charge in [0.1, 0.15) is 10.8 Å². The van der Waals surface area contributed by atoms with Gasteiger partial charge in [0.15, 0.2) is 0 Å². The maximum atomic E-state index is 13.1. The van der Waals surface area contributed by atoms with Gasteiger partial charge in [-0.05, 0) is 56.2 Å². The normalized spacial score (nSPS) is 15.7. The summed E-state index contributed by atoms with van der Waals surface area (Å²) in [5.41, 5.74) is 4.21. The minimum Gasteiger partial charge on any atom is -0.494 e. The molecule has 1 amide bonds. The summed E-state index contributed by atoms with van der Waals surface area (Å²) in [7, 11) is 0. The molecular formula is C28H35N3O3S. The van der Waals surface area contributed by atoms with Gasteiger partial charge < -0.3 is 15.2 Å². The van der Waals surface area contributed by atoms with Gasteiger partial charge in [0, 0.05) is 48.7 Å². The van der Waals surface area contributed by atoms with E-state index in [9.17, 15) is 9.90 Å². The van der Waals surface area contributed by atoms with E-state index in [0.29, 0.717) is 18.7 Å². The predicted octanol–water partition coefficient (Wildman–Crippen LogP) is 4.72. The lowest BCUT2D eigenvalue weighted by Gasteiger charge is -2.40. The molecule has 2 heterocycles. The Labute approximate surface area is 212 Å². The Morgan fingerprint density at radius 1 is 1.06 bits per heavy atom. The number of benzene rings is 2. The molecule has 0 bridgehead atoms. The predicted molar refractivity (Wildman–Crippen MR) is 143 cm³/mol. The highest BCUT2D eigenvalue weighted by atomic mass is 32.1. The molecule has 1 aromatic heterocycles. The monoisotopic (exact) mass is 493 g/mol. The molecule has 0 spiro atoms. The molecule has 2 aromatic carbocycles. The van der Waals surface area contributed by atoms with Crippen molar-refractivity contribution in [3.63, 3.8) is 0 Å². The van der Waals surface area contributed by atoms with Gasteiger partial charge in [-0.25, -0.2) is 0 Å². The number of hydrogen-bond acceptors (Lipinski definition) is 6. The first-order valence-electron chi connectivity index (χ1n) is 12.3. The fraction of sp³-hybridized carbons (Fsp3) is 0.393. The van der Waals surface area contributed by atoms with Gasteiger partial charge in [0.05, 0.1) is 19.3 Å². The van der Waals surface area contributed by atoms with E-state index in [2.05, 4.69) is 41.1 Å². The number of aliphatic hydroxyl groups is 1. The van der Waals surface area contributed by atoms with Gasteiger partial charge in [-0.2, -0.15) is 0 Å². The van der Waals surface area contributed by atoms with Gasteiger partial charge in [-0.15, -0.1) is 11.3 Å². The largest absolute Gasteiger partial charge is 0.494 e. The van der Waals surface area contributed by atoms with Gasteiger partial charge in [0.25, 0.3) is 5.91 Å². The number of nitrogens with zero attached hydrogens (tertiary/aromatic N) is 2. The third-order valence-corrected chi connectivity index (χ3v) is 7.80. The van der Waals surface area contributed by atoms with Crippen LogP contribution in [0.25, 0.3) is 0 Å². The van der Waals surface area contributed by atoms with E-state index in [1.807, 2.05) is 49.4 Å². The molecule has 186 valence electrons. The number of rotatable bonds is 9. The molecule has 0 aliphatic carbocycles. The van der Waals surface area contributed by atoms with Gasteiger partial charge in [0.2, 0.25) is 0 Å². The molecule has 1 fully saturated rings. The molecule has 1 aliphatic rings. The Kier molecular flexibility index (Phi) is 8.57. The van der Waals surface area contributed by atoms with Crippen molar-refractivity contribution in [3.8, 4) is 5.75 Å². The number of carbonyl (C=O) groups is 1. The summed E-state index contributed by atoms with van der Waals surface area (Å²) in [5.74, 6) is 0.768. The first-order valence-corrected chi connectivity index (χ1v) is 13.1. The van der Waals surface area contributed by atoms with Crippen LogP contribution in [-0.4, -0.2) is 66.8 Å². The fourth-order valence-electron chi connectivity index (χ4n) is 4.69. The number of carbonyl (C=O) groups excluding carboxylic acids is 1. The van der Waals surface area contributed by atoms with Crippen LogP contribution in [0.4, 0.5) is 5.00 Å². The second kappa shape index (κ2) is 11.8. The summed E-state index contributed by atoms with van der Waals surface area (Å²) in [6.45, 7) is 11.4. The minimum atomic E-state index is -0.0914. The molecule has 1 atom stereocenters. The first-order chi connectivity index (χ1) is 17.0. The lowest BCUT2D eigenvalue weighted by Crippen LogP contribution is -2.48. The minimum absolute atomic E-state index is 0.0120. The maximum Gasteiger partial charge on any atom is 0.256 e. The van der Waals surface area contributed by atoms with Crippen LogP contribution in [-0.2, 0) is 0 Å². The van der Waals surface area contributed by atoms with Crippen LogP contribution in [0.2, 0.25) is 0 Å². The van der Waals surface area contributed by atoms with Crippen LogP contribution in [0.15, 0.2) is 54.6 Å². The molecule has 35 heavy (non-hydrogen) atoms. The van der Waals surface area contributed by atoms with Crippen molar-refractivity contribution < 1.29 is 14.6 Å². The van der Waals surface area contributed by atoms with Crippen LogP contribution in [0.5, 0.6) is 5.75 Å². The number of aliphatic hydroxyl groups excluding tert-OH is 1. The Balaban J connectivity index is 1.71. The zero-order valence-corrected chi connectivity index (χ0v) is 21.6. The number of aryl methyl sites for hydroxylation is 1. The van der Waals surface area contributed by atoms with E-state index in [-0.39, 0.29) is 18.6 Å². The molecule has 2 N–H and O–H groups in total. The number of amides is 1. The second-order valence-electron chi connectivity index (χ2n) is 8.85. The zero-order valence-electron chi connectivity index (χ0n) is 20.8. The number of thiophene rings is 1. The average molecular weight is 494 g/mol. The molecular weight excluding hydrogens is 458 g/mol. The second-order valence-corrected chi connectivity index (χ2v) is 10.1. The van der Waals surface area contributed by atoms with Crippen molar-refractivity contribution in [3.05, 3.63) is 81.7 Å². The van der Waals surface area contributed by atoms with Gasteiger partial charge in [-0.1, -0.05) is 30.3 Å². The van der Waals surface area contributed by atoms with Gasteiger partial charge in [-0.3, -0.25) is 14.6 Å². The molecule has 1 aliphatic heterocycles. The third-order valence-electron chi connectivity index (χ3n) is 6.66. The summed E-state index contributed by atoms with van der Waals surface area (Å²) in [5, 5.41) is 13.5. The summed E-state index contributed by atoms with van der Waals surface area (Å²) < 4.78 is 5.69. The molecule has 7 heteroatoms. The van der Waals surface area contributed by atoms with Crippen molar-refractivity contribution >= 4 is 22.2 Å². The highest BCUT2D eigenvalue weighted by molar-refractivity contribution is 7.16. The van der Waals surface area contributed by atoms with Gasteiger partial charge >= 0.3 is 0 Å². The average Bonchev–Trinajstić information content (AvgIpc) is 3.15. The lowest BCUT2D eigenvalue weighted by molar-refractivity contribution is 0.0944. The van der Waals surface area contributed by atoms with Crippen LogP contribution in [0.1, 0.15) is 44.9 Å². The van der Waals surface area contributed by atoms with E-state index in [1.54, 1.807) is 11.3 Å². The molecule has 0 radical (unpaired) electrons. The SMILES string of the molecule is CCOc1ccc([C@H](c2c(NC(=O)c3ccccc3)sc(C)c2C)N2CCN(CCO)CC2)cc1. The number of β-amino-alcohol motifs (C(OH)–C–C–N with tert-alkyl or cyclic N) is 1. The summed E-state index contributed by atoms with van der Waals surface area (Å²) in [6, 6.07) is 17.7. The molecule has 0 unspecified atom stereocenters. The third kappa shape index (κ3) is 5.93. The Bertz CT molecular complexity index is 1110. The van der Waals surface area contributed by atoms with E-state index in [4.69, 9.17) is 4.74 Å². The first kappa shape index (κ1) is 25.4. The number of hydrogen-bond donors (Lipinski definition) is 2. The van der Waals surface area contributed by atoms with E-state index in [0.717, 1.165) is 42.5 Å². The highest BCUT2D eigenvalue weighted by Gasteiger charge is 2.31. The smallest absolute Gasteiger partial charge is 0.256 e. The Morgan fingerprint density at radius 3 is 2.37 bits per heavy atom. The molecule has 3 aromatic rings. The number of nitrogens with one attached hydrogen (secondary N) is 1. The fourth-order valence-corrected chi connectivity index (χ4v) is 5.78. The topological polar surface area (TPSA) is 65.0 Å². The summed E-state index contributed by atoms with van der Waals surface area (Å²) in [6.07, 6.45) is 0. The van der Waals surface area contributed by atoms with Crippen molar-refractivity contribution in [2.24, 2.45) is 0 Å². The lowest BCUT2D eigenvalue weighted by atomic mass is 9.94. The molecule has 1 saturated heterocycles. The van der Waals surface area contributed by atoms with Crippen molar-refractivity contribution in [2.75, 3.05) is 51.3 Å². The van der Waals surface area contributed by atoms with E-state index >= 15 is 0 Å². The van der Waals surface area contributed by atoms with Crippen LogP contribution in [0, 0.1) is 13.8 Å².